The molecule has 0 amide bonds. The Morgan fingerprint density at radius 2 is 1.95 bits per heavy atom. The molecule has 2 N–H and O–H groups in total. The van der Waals surface area contributed by atoms with Crippen LogP contribution in [-0.4, -0.2) is 24.0 Å². The summed E-state index contributed by atoms with van der Waals surface area (Å²) in [4.78, 5) is 2.52. The van der Waals surface area contributed by atoms with Crippen LogP contribution in [0.4, 0.5) is 0 Å². The van der Waals surface area contributed by atoms with Gasteiger partial charge in [-0.3, -0.25) is 4.90 Å². The summed E-state index contributed by atoms with van der Waals surface area (Å²) in [7, 11) is 0. The lowest BCUT2D eigenvalue weighted by Crippen LogP contribution is -2.42. The Labute approximate surface area is 132 Å². The third kappa shape index (κ3) is 3.67. The van der Waals surface area contributed by atoms with Crippen LogP contribution in [0.25, 0.3) is 0 Å². The van der Waals surface area contributed by atoms with Crippen molar-refractivity contribution in [2.24, 2.45) is 5.73 Å². The van der Waals surface area contributed by atoms with Gasteiger partial charge in [0.05, 0.1) is 0 Å². The molecule has 112 valence electrons. The highest BCUT2D eigenvalue weighted by Crippen LogP contribution is 2.33. The molecule has 0 radical (unpaired) electrons. The van der Waals surface area contributed by atoms with Crippen LogP contribution in [0.2, 0.25) is 10.0 Å². The first-order valence-corrected chi connectivity index (χ1v) is 8.33. The summed E-state index contributed by atoms with van der Waals surface area (Å²) in [5.74, 6) is 0. The van der Waals surface area contributed by atoms with Crippen LogP contribution in [0.15, 0.2) is 18.2 Å². The summed E-state index contributed by atoms with van der Waals surface area (Å²) >= 11 is 12.4. The van der Waals surface area contributed by atoms with Gasteiger partial charge in [0.25, 0.3) is 0 Å². The van der Waals surface area contributed by atoms with E-state index in [4.69, 9.17) is 28.9 Å². The summed E-state index contributed by atoms with van der Waals surface area (Å²) in [6.07, 6.45) is 6.56. The van der Waals surface area contributed by atoms with E-state index in [1.54, 1.807) is 0 Å². The smallest absolute Gasteiger partial charge is 0.0488 e. The van der Waals surface area contributed by atoms with E-state index >= 15 is 0 Å². The summed E-state index contributed by atoms with van der Waals surface area (Å²) in [6, 6.07) is 6.56. The van der Waals surface area contributed by atoms with Crippen molar-refractivity contribution in [3.8, 4) is 0 Å². The maximum absolute atomic E-state index is 6.38. The van der Waals surface area contributed by atoms with Crippen LogP contribution >= 0.6 is 23.2 Å². The van der Waals surface area contributed by atoms with E-state index in [9.17, 15) is 0 Å². The Hall–Kier alpha value is -0.280. The van der Waals surface area contributed by atoms with Gasteiger partial charge in [-0.25, -0.2) is 0 Å². The molecule has 0 aliphatic heterocycles. The lowest BCUT2D eigenvalue weighted by molar-refractivity contribution is 0.114. The van der Waals surface area contributed by atoms with E-state index < -0.39 is 0 Å². The summed E-state index contributed by atoms with van der Waals surface area (Å²) in [6.45, 7) is 3.80. The van der Waals surface area contributed by atoms with Gasteiger partial charge in [0, 0.05) is 28.7 Å². The monoisotopic (exact) mass is 314 g/mol. The van der Waals surface area contributed by atoms with E-state index in [2.05, 4.69) is 11.8 Å². The Morgan fingerprint density at radius 3 is 2.50 bits per heavy atom. The molecule has 1 fully saturated rings. The van der Waals surface area contributed by atoms with Crippen LogP contribution in [0.3, 0.4) is 0 Å². The Bertz CT molecular complexity index is 430. The average molecular weight is 315 g/mol. The van der Waals surface area contributed by atoms with Crippen LogP contribution in [0.5, 0.6) is 0 Å². The van der Waals surface area contributed by atoms with E-state index in [1.807, 2.05) is 18.2 Å². The summed E-state index contributed by atoms with van der Waals surface area (Å²) in [5, 5.41) is 1.40. The number of likely N-dealkylation sites (N-methyl/N-ethyl adjacent to an activating group) is 1. The van der Waals surface area contributed by atoms with Crippen molar-refractivity contribution in [3.63, 3.8) is 0 Å². The molecule has 20 heavy (non-hydrogen) atoms. The first-order valence-electron chi connectivity index (χ1n) is 7.58. The topological polar surface area (TPSA) is 29.3 Å². The van der Waals surface area contributed by atoms with Crippen LogP contribution in [-0.2, 0) is 0 Å². The SMILES string of the molecule is CCN(C1CCCCC1)C(CN)c1ccc(Cl)cc1Cl. The molecule has 1 aliphatic rings. The molecule has 0 saturated heterocycles. The molecule has 2 rings (SSSR count). The molecular formula is C16H24Cl2N2. The number of nitrogens with zero attached hydrogens (tertiary/aromatic N) is 1. The third-order valence-corrected chi connectivity index (χ3v) is 4.92. The number of nitrogens with two attached hydrogens (primary N) is 1. The summed E-state index contributed by atoms with van der Waals surface area (Å²) < 4.78 is 0. The Morgan fingerprint density at radius 1 is 1.25 bits per heavy atom. The van der Waals surface area contributed by atoms with Gasteiger partial charge < -0.3 is 5.73 Å². The minimum atomic E-state index is 0.188. The first-order chi connectivity index (χ1) is 9.67. The number of rotatable bonds is 5. The van der Waals surface area contributed by atoms with Gasteiger partial charge in [-0.1, -0.05) is 55.5 Å². The van der Waals surface area contributed by atoms with Crippen LogP contribution in [0, 0.1) is 0 Å². The van der Waals surface area contributed by atoms with Gasteiger partial charge in [0.2, 0.25) is 0 Å². The van der Waals surface area contributed by atoms with Gasteiger partial charge >= 0.3 is 0 Å². The highest BCUT2D eigenvalue weighted by molar-refractivity contribution is 6.35. The second kappa shape index (κ2) is 7.65. The standard InChI is InChI=1S/C16H24Cl2N2/c1-2-20(13-6-4-3-5-7-13)16(11-19)14-9-8-12(17)10-15(14)18/h8-10,13,16H,2-7,11,19H2,1H3. The fraction of sp³-hybridized carbons (Fsp3) is 0.625. The van der Waals surface area contributed by atoms with Crippen molar-refractivity contribution in [2.45, 2.75) is 51.1 Å². The summed E-state index contributed by atoms with van der Waals surface area (Å²) in [5.41, 5.74) is 7.16. The van der Waals surface area contributed by atoms with E-state index in [0.29, 0.717) is 17.6 Å². The minimum Gasteiger partial charge on any atom is -0.329 e. The van der Waals surface area contributed by atoms with Gasteiger partial charge in [-0.2, -0.15) is 0 Å². The highest BCUT2D eigenvalue weighted by Gasteiger charge is 2.27. The number of hydrogen-bond donors (Lipinski definition) is 1. The van der Waals surface area contributed by atoms with Crippen molar-refractivity contribution in [1.82, 2.24) is 4.90 Å². The lowest BCUT2D eigenvalue weighted by atomic mass is 9.92. The van der Waals surface area contributed by atoms with Crippen molar-refractivity contribution in [2.75, 3.05) is 13.1 Å². The molecule has 1 atom stereocenters. The van der Waals surface area contributed by atoms with Gasteiger partial charge in [-0.05, 0) is 37.1 Å². The van der Waals surface area contributed by atoms with E-state index in [1.165, 1.54) is 32.1 Å². The van der Waals surface area contributed by atoms with Crippen LogP contribution in [0.1, 0.15) is 50.6 Å². The van der Waals surface area contributed by atoms with Crippen LogP contribution < -0.4 is 5.73 Å². The quantitative estimate of drug-likeness (QED) is 0.857. The van der Waals surface area contributed by atoms with Gasteiger partial charge in [0.1, 0.15) is 0 Å². The normalized spacial score (nSPS) is 18.4. The van der Waals surface area contributed by atoms with E-state index in [0.717, 1.165) is 17.1 Å². The number of hydrogen-bond acceptors (Lipinski definition) is 2. The second-order valence-corrected chi connectivity index (χ2v) is 6.38. The van der Waals surface area contributed by atoms with Crippen molar-refractivity contribution in [3.05, 3.63) is 33.8 Å². The molecule has 1 saturated carbocycles. The third-order valence-electron chi connectivity index (χ3n) is 4.35. The molecule has 0 spiro atoms. The molecule has 1 aliphatic carbocycles. The van der Waals surface area contributed by atoms with Crippen molar-refractivity contribution >= 4 is 23.2 Å². The molecular weight excluding hydrogens is 291 g/mol. The average Bonchev–Trinajstić information content (AvgIpc) is 2.46. The fourth-order valence-electron chi connectivity index (χ4n) is 3.36. The largest absolute Gasteiger partial charge is 0.329 e. The molecule has 0 heterocycles. The second-order valence-electron chi connectivity index (χ2n) is 5.54. The molecule has 0 bridgehead atoms. The molecule has 1 aromatic rings. The predicted octanol–water partition coefficient (Wildman–Crippen LogP) is 4.65. The number of halogens is 2. The molecule has 2 nitrogen and oxygen atoms in total. The zero-order valence-corrected chi connectivity index (χ0v) is 13.6. The van der Waals surface area contributed by atoms with Crippen molar-refractivity contribution < 1.29 is 0 Å². The molecule has 1 unspecified atom stereocenters. The predicted molar refractivity (Wildman–Crippen MR) is 87.5 cm³/mol. The van der Waals surface area contributed by atoms with Crippen molar-refractivity contribution in [1.29, 1.82) is 0 Å². The molecule has 4 heteroatoms. The zero-order valence-electron chi connectivity index (χ0n) is 12.1. The first kappa shape index (κ1) is 16.1. The van der Waals surface area contributed by atoms with Gasteiger partial charge in [0.15, 0.2) is 0 Å². The maximum atomic E-state index is 6.38. The number of benzene rings is 1. The highest BCUT2D eigenvalue weighted by atomic mass is 35.5. The Balaban J connectivity index is 2.23. The molecule has 1 aromatic carbocycles. The fourth-order valence-corrected chi connectivity index (χ4v) is 3.89. The maximum Gasteiger partial charge on any atom is 0.0488 e. The molecule has 0 aromatic heterocycles. The lowest BCUT2D eigenvalue weighted by Gasteiger charge is -2.39. The van der Waals surface area contributed by atoms with Gasteiger partial charge in [-0.15, -0.1) is 0 Å². The Kier molecular flexibility index (Phi) is 6.16. The zero-order chi connectivity index (χ0) is 14.5. The minimum absolute atomic E-state index is 0.188. The van der Waals surface area contributed by atoms with E-state index in [-0.39, 0.29) is 6.04 Å².